The zero-order chi connectivity index (χ0) is 29.8. The van der Waals surface area contributed by atoms with E-state index >= 15 is 0 Å². The van der Waals surface area contributed by atoms with Gasteiger partial charge in [0.2, 0.25) is 11.8 Å². The highest BCUT2D eigenvalue weighted by molar-refractivity contribution is 6.35. The van der Waals surface area contributed by atoms with Crippen LogP contribution in [0.4, 0.5) is 5.95 Å². The Bertz CT molecular complexity index is 1580. The lowest BCUT2D eigenvalue weighted by Crippen LogP contribution is -2.63. The number of nitrogen functional groups attached to an aromatic ring is 1. The molecule has 12 heteroatoms. The fraction of sp³-hybridized carbons (Fsp3) is 0.367. The highest BCUT2D eigenvalue weighted by Crippen LogP contribution is 2.25. The Labute approximate surface area is 254 Å². The fourth-order valence-corrected chi connectivity index (χ4v) is 6.06. The smallest absolute Gasteiger partial charge is 0.260 e. The molecule has 4 N–H and O–H groups in total. The van der Waals surface area contributed by atoms with E-state index in [0.29, 0.717) is 42.5 Å². The van der Waals surface area contributed by atoms with Gasteiger partial charge in [-0.2, -0.15) is 4.80 Å². The van der Waals surface area contributed by atoms with E-state index in [1.807, 2.05) is 47.1 Å². The first-order valence-corrected chi connectivity index (χ1v) is 14.7. The minimum Gasteiger partial charge on any atom is -0.365 e. The van der Waals surface area contributed by atoms with E-state index in [-0.39, 0.29) is 42.7 Å². The topological polar surface area (TPSA) is 136 Å². The van der Waals surface area contributed by atoms with Crippen molar-refractivity contribution in [1.82, 2.24) is 30.0 Å². The minimum absolute atomic E-state index is 0.0258. The molecule has 1 aliphatic rings. The van der Waals surface area contributed by atoms with Crippen LogP contribution in [0.15, 0.2) is 60.7 Å². The molecule has 1 aromatic heterocycles. The van der Waals surface area contributed by atoms with Gasteiger partial charge >= 0.3 is 0 Å². The number of nitrogens with zero attached hydrogens (tertiary/aromatic N) is 6. The summed E-state index contributed by atoms with van der Waals surface area (Å²) in [6.07, 6.45) is 1.84. The van der Waals surface area contributed by atoms with Crippen molar-refractivity contribution in [1.29, 1.82) is 0 Å². The van der Waals surface area contributed by atoms with Gasteiger partial charge in [-0.3, -0.25) is 9.59 Å². The van der Waals surface area contributed by atoms with Gasteiger partial charge in [-0.05, 0) is 65.4 Å². The molecule has 2 amide bonds. The van der Waals surface area contributed by atoms with Crippen molar-refractivity contribution in [3.8, 4) is 0 Å². The lowest BCUT2D eigenvalue weighted by molar-refractivity contribution is -0.147. The van der Waals surface area contributed by atoms with Gasteiger partial charge in [0, 0.05) is 35.2 Å². The van der Waals surface area contributed by atoms with Crippen molar-refractivity contribution in [2.75, 3.05) is 18.8 Å². The van der Waals surface area contributed by atoms with Crippen molar-refractivity contribution in [2.45, 2.75) is 57.3 Å². The predicted octanol–water partition coefficient (Wildman–Crippen LogP) is 3.74. The predicted molar refractivity (Wildman–Crippen MR) is 164 cm³/mol. The molecule has 3 atom stereocenters. The zero-order valence-electron chi connectivity index (χ0n) is 23.4. The second kappa shape index (κ2) is 13.1. The minimum atomic E-state index is -0.796. The molecular formula is C30H34Cl2N8O2. The van der Waals surface area contributed by atoms with Crippen LogP contribution in [0.25, 0.3) is 10.8 Å². The number of fused-ring (bicyclic) bond motifs is 1. The first kappa shape index (κ1) is 29.8. The summed E-state index contributed by atoms with van der Waals surface area (Å²) in [5.74, 6) is -0.0453. The number of anilines is 1. The van der Waals surface area contributed by atoms with Gasteiger partial charge in [0.1, 0.15) is 0 Å². The Balaban J connectivity index is 1.30. The molecule has 0 radical (unpaired) electrons. The van der Waals surface area contributed by atoms with Gasteiger partial charge < -0.3 is 21.3 Å². The van der Waals surface area contributed by atoms with Crippen molar-refractivity contribution in [2.24, 2.45) is 5.73 Å². The van der Waals surface area contributed by atoms with Crippen molar-refractivity contribution < 1.29 is 9.59 Å². The van der Waals surface area contributed by atoms with Crippen LogP contribution in [0.3, 0.4) is 0 Å². The number of aromatic nitrogens is 4. The van der Waals surface area contributed by atoms with Crippen LogP contribution >= 0.6 is 23.2 Å². The van der Waals surface area contributed by atoms with Crippen LogP contribution in [-0.4, -0.2) is 73.0 Å². The molecule has 0 bridgehead atoms. The Kier molecular flexibility index (Phi) is 9.25. The molecule has 1 fully saturated rings. The molecule has 3 aromatic carbocycles. The van der Waals surface area contributed by atoms with E-state index in [1.54, 1.807) is 18.2 Å². The molecule has 1 aliphatic heterocycles. The molecule has 220 valence electrons. The number of benzene rings is 3. The third-order valence-electron chi connectivity index (χ3n) is 7.75. The Morgan fingerprint density at radius 2 is 1.81 bits per heavy atom. The lowest BCUT2D eigenvalue weighted by Gasteiger charge is -2.46. The van der Waals surface area contributed by atoms with Gasteiger partial charge in [0.15, 0.2) is 0 Å². The highest BCUT2D eigenvalue weighted by atomic mass is 35.5. The molecular weight excluding hydrogens is 575 g/mol. The number of nitrogens with two attached hydrogens (primary N) is 2. The molecule has 0 spiro atoms. The number of amides is 2. The van der Waals surface area contributed by atoms with Gasteiger partial charge in [0.25, 0.3) is 5.95 Å². The first-order valence-electron chi connectivity index (χ1n) is 14.0. The Hall–Kier alpha value is -3.73. The summed E-state index contributed by atoms with van der Waals surface area (Å²) in [6.45, 7) is 3.23. The number of carbonyl (C=O) groups is 2. The van der Waals surface area contributed by atoms with Crippen molar-refractivity contribution in [3.63, 3.8) is 0 Å². The number of hydrogen-bond donors (Lipinski definition) is 2. The standard InChI is InChI=1S/C30H34Cl2N8O2/c1-19-17-39(29(42)27(33)15-23-10-11-24(31)16-26(23)32)25(7-4-12-40-36-30(34)35-37-40)18-38(19)28(41)14-20-8-9-21-5-2-3-6-22(21)13-20/h2-3,5-6,8-11,13,16,19,25,27H,4,7,12,14-15,17-18,33H2,1H3,(H2,34,36)/t19-,25+,27?/m1/s1. The van der Waals surface area contributed by atoms with Crippen molar-refractivity contribution >= 4 is 51.7 Å². The van der Waals surface area contributed by atoms with Crippen LogP contribution in [-0.2, 0) is 29.0 Å². The summed E-state index contributed by atoms with van der Waals surface area (Å²) in [4.78, 5) is 32.5. The van der Waals surface area contributed by atoms with Crippen LogP contribution < -0.4 is 11.5 Å². The molecule has 1 saturated heterocycles. The van der Waals surface area contributed by atoms with E-state index in [2.05, 4.69) is 27.5 Å². The third kappa shape index (κ3) is 7.00. The maximum absolute atomic E-state index is 13.7. The van der Waals surface area contributed by atoms with Gasteiger partial charge in [-0.15, -0.1) is 5.10 Å². The Morgan fingerprint density at radius 3 is 2.55 bits per heavy atom. The number of piperazine rings is 1. The number of tetrazole rings is 1. The summed E-state index contributed by atoms with van der Waals surface area (Å²) in [5.41, 5.74) is 13.8. The number of hydrogen-bond acceptors (Lipinski definition) is 7. The average molecular weight is 610 g/mol. The van der Waals surface area contributed by atoms with E-state index < -0.39 is 6.04 Å². The van der Waals surface area contributed by atoms with Crippen LogP contribution in [0.5, 0.6) is 0 Å². The number of aryl methyl sites for hydroxylation is 1. The lowest BCUT2D eigenvalue weighted by atomic mass is 9.98. The summed E-state index contributed by atoms with van der Waals surface area (Å²) in [7, 11) is 0. The van der Waals surface area contributed by atoms with Gasteiger partial charge in [0.05, 0.1) is 19.0 Å². The van der Waals surface area contributed by atoms with E-state index in [9.17, 15) is 9.59 Å². The number of rotatable bonds is 9. The second-order valence-electron chi connectivity index (χ2n) is 10.8. The molecule has 5 rings (SSSR count). The van der Waals surface area contributed by atoms with E-state index in [4.69, 9.17) is 34.7 Å². The highest BCUT2D eigenvalue weighted by Gasteiger charge is 2.38. The molecule has 2 heterocycles. The number of carbonyl (C=O) groups excluding carboxylic acids is 2. The average Bonchev–Trinajstić information content (AvgIpc) is 3.39. The van der Waals surface area contributed by atoms with E-state index in [1.165, 1.54) is 4.80 Å². The second-order valence-corrected chi connectivity index (χ2v) is 11.7. The molecule has 4 aromatic rings. The third-order valence-corrected chi connectivity index (χ3v) is 8.34. The molecule has 0 aliphatic carbocycles. The van der Waals surface area contributed by atoms with E-state index in [0.717, 1.165) is 21.9 Å². The van der Waals surface area contributed by atoms with Crippen LogP contribution in [0.1, 0.15) is 30.9 Å². The normalized spacial score (nSPS) is 17.9. The number of halogens is 2. The maximum atomic E-state index is 13.7. The quantitative estimate of drug-likeness (QED) is 0.295. The zero-order valence-corrected chi connectivity index (χ0v) is 24.9. The van der Waals surface area contributed by atoms with Crippen LogP contribution in [0, 0.1) is 0 Å². The molecule has 42 heavy (non-hydrogen) atoms. The summed E-state index contributed by atoms with van der Waals surface area (Å²) >= 11 is 12.4. The molecule has 0 saturated carbocycles. The van der Waals surface area contributed by atoms with Gasteiger partial charge in [-0.25, -0.2) is 0 Å². The maximum Gasteiger partial charge on any atom is 0.260 e. The van der Waals surface area contributed by atoms with Crippen LogP contribution in [0.2, 0.25) is 10.0 Å². The van der Waals surface area contributed by atoms with Crippen molar-refractivity contribution in [3.05, 3.63) is 81.8 Å². The summed E-state index contributed by atoms with van der Waals surface area (Å²) in [5, 5.41) is 14.9. The fourth-order valence-electron chi connectivity index (χ4n) is 5.57. The molecule has 10 nitrogen and oxygen atoms in total. The molecule has 1 unspecified atom stereocenters. The first-order chi connectivity index (χ1) is 20.2. The van der Waals surface area contributed by atoms with Gasteiger partial charge in [-0.1, -0.05) is 76.8 Å². The largest absolute Gasteiger partial charge is 0.365 e. The SMILES string of the molecule is C[C@@H]1CN(C(=O)C(N)Cc2ccc(Cl)cc2Cl)[C@@H](CCCn2nnc(N)n2)CN1C(=O)Cc1ccc2ccccc2c1. The summed E-state index contributed by atoms with van der Waals surface area (Å²) in [6, 6.07) is 18.2. The summed E-state index contributed by atoms with van der Waals surface area (Å²) < 4.78 is 0. The Morgan fingerprint density at radius 1 is 1.02 bits per heavy atom. The monoisotopic (exact) mass is 608 g/mol.